The third-order valence-electron chi connectivity index (χ3n) is 2.08. The Morgan fingerprint density at radius 1 is 1.21 bits per heavy atom. The average molecular weight is 199 g/mol. The molecule has 0 aliphatic rings. The van der Waals surface area contributed by atoms with E-state index in [0.717, 1.165) is 0 Å². The van der Waals surface area contributed by atoms with Crippen LogP contribution in [0.15, 0.2) is 0 Å². The Morgan fingerprint density at radius 2 is 1.71 bits per heavy atom. The van der Waals surface area contributed by atoms with E-state index in [2.05, 4.69) is 5.32 Å². The molecule has 1 N–H and O–H groups in total. The summed E-state index contributed by atoms with van der Waals surface area (Å²) in [6, 6.07) is -0.620. The Balaban J connectivity index is 4.66. The standard InChI is InChI=1S/C11H21NO2/c1-6-8(13)9(12-7-2)10(14)11(3,4)5/h9,12H,6-7H2,1-5H3. The SMILES string of the molecule is CCNC(C(=O)CC)C(=O)C(C)(C)C. The maximum Gasteiger partial charge on any atom is 0.162 e. The number of Topliss-reactive ketones (excluding diaryl/α,β-unsaturated/α-hetero) is 2. The summed E-state index contributed by atoms with van der Waals surface area (Å²) in [5.41, 5.74) is -0.461. The van der Waals surface area contributed by atoms with Gasteiger partial charge in [0.25, 0.3) is 0 Å². The molecule has 0 rings (SSSR count). The van der Waals surface area contributed by atoms with Crippen molar-refractivity contribution in [3.05, 3.63) is 0 Å². The van der Waals surface area contributed by atoms with Gasteiger partial charge in [-0.15, -0.1) is 0 Å². The van der Waals surface area contributed by atoms with Gasteiger partial charge in [0, 0.05) is 11.8 Å². The van der Waals surface area contributed by atoms with Gasteiger partial charge in [-0.25, -0.2) is 0 Å². The van der Waals surface area contributed by atoms with E-state index in [4.69, 9.17) is 0 Å². The highest BCUT2D eigenvalue weighted by Crippen LogP contribution is 2.17. The Kier molecular flexibility index (Phi) is 4.99. The first-order valence-electron chi connectivity index (χ1n) is 5.15. The molecule has 82 valence electrons. The lowest BCUT2D eigenvalue weighted by Crippen LogP contribution is -2.47. The van der Waals surface area contributed by atoms with E-state index in [9.17, 15) is 9.59 Å². The zero-order valence-corrected chi connectivity index (χ0v) is 9.81. The first kappa shape index (κ1) is 13.3. The highest BCUT2D eigenvalue weighted by atomic mass is 16.2. The molecule has 0 amide bonds. The van der Waals surface area contributed by atoms with Crippen LogP contribution in [0.2, 0.25) is 0 Å². The Labute approximate surface area is 86.3 Å². The number of nitrogens with one attached hydrogen (secondary N) is 1. The van der Waals surface area contributed by atoms with E-state index in [1.165, 1.54) is 0 Å². The third-order valence-corrected chi connectivity index (χ3v) is 2.08. The van der Waals surface area contributed by atoms with Crippen LogP contribution in [-0.4, -0.2) is 24.2 Å². The smallest absolute Gasteiger partial charge is 0.162 e. The lowest BCUT2D eigenvalue weighted by Gasteiger charge is -2.23. The molecule has 0 bridgehead atoms. The number of carbonyl (C=O) groups is 2. The first-order chi connectivity index (χ1) is 6.34. The molecular formula is C11H21NO2. The maximum absolute atomic E-state index is 11.9. The summed E-state index contributed by atoms with van der Waals surface area (Å²) >= 11 is 0. The van der Waals surface area contributed by atoms with Gasteiger partial charge in [0.15, 0.2) is 11.6 Å². The summed E-state index contributed by atoms with van der Waals surface area (Å²) < 4.78 is 0. The molecule has 0 aliphatic carbocycles. The summed E-state index contributed by atoms with van der Waals surface area (Å²) in [7, 11) is 0. The summed E-state index contributed by atoms with van der Waals surface area (Å²) in [5.74, 6) is -0.0435. The van der Waals surface area contributed by atoms with Crippen molar-refractivity contribution in [2.45, 2.75) is 47.1 Å². The van der Waals surface area contributed by atoms with Crippen LogP contribution >= 0.6 is 0 Å². The minimum absolute atomic E-state index is 0.0215. The van der Waals surface area contributed by atoms with Crippen LogP contribution in [0.5, 0.6) is 0 Å². The number of ketones is 2. The molecule has 0 radical (unpaired) electrons. The van der Waals surface area contributed by atoms with Crippen LogP contribution in [0.4, 0.5) is 0 Å². The van der Waals surface area contributed by atoms with E-state index in [1.807, 2.05) is 27.7 Å². The van der Waals surface area contributed by atoms with Crippen molar-refractivity contribution >= 4 is 11.6 Å². The quantitative estimate of drug-likeness (QED) is 0.683. The normalized spacial score (nSPS) is 13.8. The second-order valence-electron chi connectivity index (χ2n) is 4.42. The molecular weight excluding hydrogens is 178 g/mol. The molecule has 0 heterocycles. The molecule has 1 unspecified atom stereocenters. The molecule has 0 aromatic heterocycles. The van der Waals surface area contributed by atoms with Gasteiger partial charge >= 0.3 is 0 Å². The molecule has 0 spiro atoms. The molecule has 0 saturated carbocycles. The second-order valence-corrected chi connectivity index (χ2v) is 4.42. The van der Waals surface area contributed by atoms with Crippen molar-refractivity contribution in [3.8, 4) is 0 Å². The van der Waals surface area contributed by atoms with E-state index in [0.29, 0.717) is 13.0 Å². The van der Waals surface area contributed by atoms with Gasteiger partial charge in [0.2, 0.25) is 0 Å². The monoisotopic (exact) mass is 199 g/mol. The Bertz CT molecular complexity index is 216. The summed E-state index contributed by atoms with van der Waals surface area (Å²) in [6.07, 6.45) is 0.402. The number of hydrogen-bond acceptors (Lipinski definition) is 3. The van der Waals surface area contributed by atoms with Crippen LogP contribution in [0.1, 0.15) is 41.0 Å². The van der Waals surface area contributed by atoms with E-state index >= 15 is 0 Å². The molecule has 3 heteroatoms. The van der Waals surface area contributed by atoms with Crippen molar-refractivity contribution in [1.82, 2.24) is 5.32 Å². The Morgan fingerprint density at radius 3 is 2.00 bits per heavy atom. The zero-order chi connectivity index (χ0) is 11.4. The molecule has 0 aliphatic heterocycles. The number of carbonyl (C=O) groups excluding carboxylic acids is 2. The van der Waals surface area contributed by atoms with Crippen LogP contribution in [-0.2, 0) is 9.59 Å². The van der Waals surface area contributed by atoms with Crippen molar-refractivity contribution in [1.29, 1.82) is 0 Å². The fraction of sp³-hybridized carbons (Fsp3) is 0.818. The van der Waals surface area contributed by atoms with Crippen LogP contribution in [0.3, 0.4) is 0 Å². The van der Waals surface area contributed by atoms with E-state index in [1.54, 1.807) is 6.92 Å². The van der Waals surface area contributed by atoms with Crippen LogP contribution in [0, 0.1) is 5.41 Å². The molecule has 0 aromatic rings. The summed E-state index contributed by atoms with van der Waals surface area (Å²) in [6.45, 7) is 9.82. The van der Waals surface area contributed by atoms with E-state index in [-0.39, 0.29) is 11.6 Å². The third kappa shape index (κ3) is 3.58. The topological polar surface area (TPSA) is 46.2 Å². The van der Waals surface area contributed by atoms with Gasteiger partial charge < -0.3 is 5.32 Å². The maximum atomic E-state index is 11.9. The van der Waals surface area contributed by atoms with Crippen molar-refractivity contribution in [2.75, 3.05) is 6.54 Å². The van der Waals surface area contributed by atoms with E-state index < -0.39 is 11.5 Å². The number of hydrogen-bond donors (Lipinski definition) is 1. The van der Waals surface area contributed by atoms with Crippen LogP contribution in [0.25, 0.3) is 0 Å². The molecule has 1 atom stereocenters. The van der Waals surface area contributed by atoms with Crippen molar-refractivity contribution < 1.29 is 9.59 Å². The predicted molar refractivity (Wildman–Crippen MR) is 57.2 cm³/mol. The molecule has 3 nitrogen and oxygen atoms in total. The minimum Gasteiger partial charge on any atom is -0.302 e. The minimum atomic E-state index is -0.620. The predicted octanol–water partition coefficient (Wildman–Crippen LogP) is 1.56. The summed E-state index contributed by atoms with van der Waals surface area (Å²) in [4.78, 5) is 23.4. The van der Waals surface area contributed by atoms with Gasteiger partial charge in [-0.1, -0.05) is 34.6 Å². The van der Waals surface area contributed by atoms with Gasteiger partial charge in [-0.3, -0.25) is 9.59 Å². The average Bonchev–Trinajstić information content (AvgIpc) is 2.10. The second kappa shape index (κ2) is 5.25. The van der Waals surface area contributed by atoms with Gasteiger partial charge in [0.05, 0.1) is 0 Å². The molecule has 0 fully saturated rings. The highest BCUT2D eigenvalue weighted by Gasteiger charge is 2.32. The number of likely N-dealkylation sites (N-methyl/N-ethyl adjacent to an activating group) is 1. The van der Waals surface area contributed by atoms with Gasteiger partial charge in [0.1, 0.15) is 6.04 Å². The highest BCUT2D eigenvalue weighted by molar-refractivity contribution is 6.08. The number of rotatable bonds is 5. The van der Waals surface area contributed by atoms with Gasteiger partial charge in [-0.2, -0.15) is 0 Å². The Hall–Kier alpha value is -0.700. The van der Waals surface area contributed by atoms with Crippen LogP contribution < -0.4 is 5.32 Å². The first-order valence-corrected chi connectivity index (χ1v) is 5.15. The fourth-order valence-electron chi connectivity index (χ4n) is 1.19. The van der Waals surface area contributed by atoms with Crippen molar-refractivity contribution in [2.24, 2.45) is 5.41 Å². The lowest BCUT2D eigenvalue weighted by atomic mass is 9.84. The molecule has 14 heavy (non-hydrogen) atoms. The molecule has 0 aromatic carbocycles. The van der Waals surface area contributed by atoms with Gasteiger partial charge in [-0.05, 0) is 6.54 Å². The summed E-state index contributed by atoms with van der Waals surface area (Å²) in [5, 5.41) is 2.94. The lowest BCUT2D eigenvalue weighted by molar-refractivity contribution is -0.134. The fourth-order valence-corrected chi connectivity index (χ4v) is 1.19. The largest absolute Gasteiger partial charge is 0.302 e. The van der Waals surface area contributed by atoms with Crippen molar-refractivity contribution in [3.63, 3.8) is 0 Å². The zero-order valence-electron chi connectivity index (χ0n) is 9.81. The molecule has 0 saturated heterocycles.